The molecule has 0 spiro atoms. The van der Waals surface area contributed by atoms with Crippen molar-refractivity contribution in [2.75, 3.05) is 13.1 Å². The third-order valence-electron chi connectivity index (χ3n) is 7.50. The lowest BCUT2D eigenvalue weighted by molar-refractivity contribution is 0.0115. The van der Waals surface area contributed by atoms with Gasteiger partial charge < -0.3 is 4.98 Å². The molecule has 5 heterocycles. The molecular weight excluding hydrogens is 513 g/mol. The van der Waals surface area contributed by atoms with Crippen LogP contribution in [-0.2, 0) is 6.54 Å². The molecule has 0 unspecified atom stereocenters. The summed E-state index contributed by atoms with van der Waals surface area (Å²) in [5.74, 6) is -2.91. The lowest BCUT2D eigenvalue weighted by atomic mass is 10.0. The van der Waals surface area contributed by atoms with Gasteiger partial charge in [0, 0.05) is 60.0 Å². The van der Waals surface area contributed by atoms with Crippen molar-refractivity contribution in [1.82, 2.24) is 30.0 Å². The van der Waals surface area contributed by atoms with Crippen LogP contribution in [0.3, 0.4) is 0 Å². The summed E-state index contributed by atoms with van der Waals surface area (Å²) in [7, 11) is 0. The van der Waals surface area contributed by atoms with Gasteiger partial charge in [0.1, 0.15) is 11.5 Å². The van der Waals surface area contributed by atoms with Crippen molar-refractivity contribution < 1.29 is 13.2 Å². The summed E-state index contributed by atoms with van der Waals surface area (Å²) in [5.41, 5.74) is 8.44. The Morgan fingerprint density at radius 3 is 2.58 bits per heavy atom. The third kappa shape index (κ3) is 4.52. The van der Waals surface area contributed by atoms with Crippen molar-refractivity contribution in [1.29, 1.82) is 0 Å². The zero-order valence-electron chi connectivity index (χ0n) is 21.7. The predicted molar refractivity (Wildman–Crippen MR) is 149 cm³/mol. The number of halogens is 3. The van der Waals surface area contributed by atoms with Crippen LogP contribution in [0, 0.1) is 12.7 Å². The SMILES string of the molecule is Cc1cc(F)cc(-c2cncc3[nH]c(-c4n[nH]c5ccc(-c6cncc(CN7CCC(F)(F)C7)c6)cc45)cc23)c1. The van der Waals surface area contributed by atoms with Crippen LogP contribution in [0.5, 0.6) is 0 Å². The van der Waals surface area contributed by atoms with Crippen LogP contribution in [0.15, 0.2) is 73.3 Å². The molecule has 2 aromatic carbocycles. The molecule has 40 heavy (non-hydrogen) atoms. The molecule has 6 nitrogen and oxygen atoms in total. The Morgan fingerprint density at radius 1 is 0.875 bits per heavy atom. The van der Waals surface area contributed by atoms with Crippen molar-refractivity contribution in [3.8, 4) is 33.6 Å². The fourth-order valence-electron chi connectivity index (χ4n) is 5.63. The molecule has 7 rings (SSSR count). The molecule has 1 aliphatic rings. The molecule has 1 aliphatic heterocycles. The van der Waals surface area contributed by atoms with Crippen LogP contribution in [0.2, 0.25) is 0 Å². The lowest BCUT2D eigenvalue weighted by Crippen LogP contribution is -2.24. The lowest BCUT2D eigenvalue weighted by Gasteiger charge is -2.15. The number of aryl methyl sites for hydroxylation is 1. The Morgan fingerprint density at radius 2 is 1.75 bits per heavy atom. The molecular formula is C31H25F3N6. The maximum Gasteiger partial charge on any atom is 0.261 e. The molecule has 0 amide bonds. The van der Waals surface area contributed by atoms with Crippen LogP contribution in [0.1, 0.15) is 17.5 Å². The number of nitrogens with zero attached hydrogens (tertiary/aromatic N) is 4. The highest BCUT2D eigenvalue weighted by Gasteiger charge is 2.37. The molecule has 0 aliphatic carbocycles. The van der Waals surface area contributed by atoms with Gasteiger partial charge in [-0.25, -0.2) is 13.2 Å². The molecule has 1 fully saturated rings. The summed E-state index contributed by atoms with van der Waals surface area (Å²) >= 11 is 0. The van der Waals surface area contributed by atoms with E-state index in [2.05, 4.69) is 31.2 Å². The fourth-order valence-corrected chi connectivity index (χ4v) is 5.63. The van der Waals surface area contributed by atoms with Crippen LogP contribution < -0.4 is 0 Å². The average molecular weight is 539 g/mol. The van der Waals surface area contributed by atoms with Crippen molar-refractivity contribution >= 4 is 21.8 Å². The van der Waals surface area contributed by atoms with Gasteiger partial charge in [0.15, 0.2) is 0 Å². The van der Waals surface area contributed by atoms with Gasteiger partial charge in [-0.15, -0.1) is 0 Å². The Balaban J connectivity index is 1.25. The number of aromatic amines is 2. The summed E-state index contributed by atoms with van der Waals surface area (Å²) in [6.07, 6.45) is 6.91. The molecule has 9 heteroatoms. The van der Waals surface area contributed by atoms with Crippen molar-refractivity contribution in [3.05, 3.63) is 90.3 Å². The van der Waals surface area contributed by atoms with Crippen LogP contribution in [-0.4, -0.2) is 49.1 Å². The van der Waals surface area contributed by atoms with Gasteiger partial charge in [-0.3, -0.25) is 20.0 Å². The zero-order valence-corrected chi connectivity index (χ0v) is 21.7. The maximum absolute atomic E-state index is 14.2. The standard InChI is InChI=1S/C31H25F3N6/c1-18-6-21(9-23(32)7-18)26-14-36-15-29-24(26)11-28(37-29)30-25-10-20(2-3-27(25)38-39-30)22-8-19(12-35-13-22)16-40-5-4-31(33,34)17-40/h2-3,6-15,37H,4-5,16-17H2,1H3,(H,38,39). The highest BCUT2D eigenvalue weighted by Crippen LogP contribution is 2.35. The quantitative estimate of drug-likeness (QED) is 0.245. The number of alkyl halides is 2. The Kier molecular flexibility index (Phi) is 5.71. The van der Waals surface area contributed by atoms with E-state index in [1.165, 1.54) is 12.1 Å². The minimum absolute atomic E-state index is 0.104. The first kappa shape index (κ1) is 24.5. The number of nitrogens with one attached hydrogen (secondary N) is 2. The maximum atomic E-state index is 14.2. The molecule has 6 aromatic rings. The first-order valence-corrected chi connectivity index (χ1v) is 13.1. The van der Waals surface area contributed by atoms with Gasteiger partial charge in [-0.1, -0.05) is 12.1 Å². The number of rotatable bonds is 5. The van der Waals surface area contributed by atoms with E-state index in [-0.39, 0.29) is 18.8 Å². The van der Waals surface area contributed by atoms with E-state index < -0.39 is 5.92 Å². The van der Waals surface area contributed by atoms with E-state index in [4.69, 9.17) is 0 Å². The van der Waals surface area contributed by atoms with Gasteiger partial charge in [0.2, 0.25) is 0 Å². The van der Waals surface area contributed by atoms with E-state index in [9.17, 15) is 13.2 Å². The predicted octanol–water partition coefficient (Wildman–Crippen LogP) is 7.12. The number of likely N-dealkylation sites (tertiary alicyclic amines) is 1. The van der Waals surface area contributed by atoms with Gasteiger partial charge in [0.25, 0.3) is 5.92 Å². The van der Waals surface area contributed by atoms with Crippen LogP contribution in [0.4, 0.5) is 13.2 Å². The molecule has 0 saturated carbocycles. The van der Waals surface area contributed by atoms with E-state index in [1.807, 2.05) is 37.3 Å². The smallest absolute Gasteiger partial charge is 0.261 e. The Labute approximate surface area is 227 Å². The molecule has 0 atom stereocenters. The summed E-state index contributed by atoms with van der Waals surface area (Å²) in [4.78, 5) is 14.0. The normalized spacial score (nSPS) is 15.4. The number of hydrogen-bond donors (Lipinski definition) is 2. The van der Waals surface area contributed by atoms with Crippen molar-refractivity contribution in [3.63, 3.8) is 0 Å². The minimum atomic E-state index is -2.62. The van der Waals surface area contributed by atoms with Gasteiger partial charge in [0.05, 0.1) is 29.5 Å². The largest absolute Gasteiger partial charge is 0.352 e. The van der Waals surface area contributed by atoms with Crippen molar-refractivity contribution in [2.24, 2.45) is 0 Å². The summed E-state index contributed by atoms with van der Waals surface area (Å²) in [5, 5.41) is 9.55. The molecule has 0 radical (unpaired) electrons. The third-order valence-corrected chi connectivity index (χ3v) is 7.50. The Hall–Kier alpha value is -4.50. The summed E-state index contributed by atoms with van der Waals surface area (Å²) in [6, 6.07) is 15.0. The monoisotopic (exact) mass is 538 g/mol. The average Bonchev–Trinajstić information content (AvgIpc) is 3.63. The minimum Gasteiger partial charge on any atom is -0.352 e. The number of hydrogen-bond acceptors (Lipinski definition) is 4. The zero-order chi connectivity index (χ0) is 27.4. The van der Waals surface area contributed by atoms with E-state index in [1.54, 1.807) is 29.7 Å². The molecule has 4 aromatic heterocycles. The van der Waals surface area contributed by atoms with Crippen LogP contribution >= 0.6 is 0 Å². The first-order valence-electron chi connectivity index (χ1n) is 13.1. The highest BCUT2D eigenvalue weighted by molar-refractivity contribution is 6.01. The molecule has 1 saturated heterocycles. The molecule has 0 bridgehead atoms. The number of pyridine rings is 2. The second-order valence-electron chi connectivity index (χ2n) is 10.6. The summed E-state index contributed by atoms with van der Waals surface area (Å²) in [6.45, 7) is 2.46. The second-order valence-corrected chi connectivity index (χ2v) is 10.6. The molecule has 200 valence electrons. The van der Waals surface area contributed by atoms with E-state index in [0.29, 0.717) is 13.1 Å². The topological polar surface area (TPSA) is 73.5 Å². The van der Waals surface area contributed by atoms with Gasteiger partial charge in [-0.05, 0) is 65.6 Å². The number of fused-ring (bicyclic) bond motifs is 2. The first-order chi connectivity index (χ1) is 19.3. The number of aromatic nitrogens is 5. The van der Waals surface area contributed by atoms with Crippen molar-refractivity contribution in [2.45, 2.75) is 25.8 Å². The second kappa shape index (κ2) is 9.31. The fraction of sp³-hybridized carbons (Fsp3) is 0.194. The number of benzene rings is 2. The van der Waals surface area contributed by atoms with E-state index in [0.717, 1.165) is 66.6 Å². The molecule has 2 N–H and O–H groups in total. The summed E-state index contributed by atoms with van der Waals surface area (Å²) < 4.78 is 41.5. The van der Waals surface area contributed by atoms with Gasteiger partial charge >= 0.3 is 0 Å². The number of H-pyrrole nitrogens is 2. The highest BCUT2D eigenvalue weighted by atomic mass is 19.3. The Bertz CT molecular complexity index is 1870. The van der Waals surface area contributed by atoms with E-state index >= 15 is 0 Å². The van der Waals surface area contributed by atoms with Gasteiger partial charge in [-0.2, -0.15) is 5.10 Å². The van der Waals surface area contributed by atoms with Crippen LogP contribution in [0.25, 0.3) is 55.4 Å².